The summed E-state index contributed by atoms with van der Waals surface area (Å²) in [7, 11) is 0. The highest BCUT2D eigenvalue weighted by atomic mass is 16.1. The quantitative estimate of drug-likeness (QED) is 0.896. The van der Waals surface area contributed by atoms with Gasteiger partial charge in [-0.25, -0.2) is 0 Å². The van der Waals surface area contributed by atoms with E-state index in [1.165, 1.54) is 0 Å². The Morgan fingerprint density at radius 3 is 2.70 bits per heavy atom. The van der Waals surface area contributed by atoms with Crippen molar-refractivity contribution in [1.82, 2.24) is 15.3 Å². The Hall–Kier alpha value is -2.10. The van der Waals surface area contributed by atoms with Crippen LogP contribution in [0.2, 0.25) is 0 Å². The molecule has 1 atom stereocenters. The molecule has 4 nitrogen and oxygen atoms in total. The van der Waals surface area contributed by atoms with Crippen molar-refractivity contribution in [3.05, 3.63) is 54.1 Å². The van der Waals surface area contributed by atoms with Crippen LogP contribution in [-0.4, -0.2) is 15.9 Å². The second kappa shape index (κ2) is 5.90. The molecule has 0 radical (unpaired) electrons. The predicted octanol–water partition coefficient (Wildman–Crippen LogP) is 3.32. The van der Waals surface area contributed by atoms with E-state index in [1.54, 1.807) is 18.5 Å². The van der Waals surface area contributed by atoms with Crippen molar-refractivity contribution in [2.75, 3.05) is 0 Å². The average molecular weight is 271 g/mol. The van der Waals surface area contributed by atoms with Gasteiger partial charge in [0.25, 0.3) is 5.91 Å². The zero-order valence-electron chi connectivity index (χ0n) is 12.2. The molecule has 0 saturated heterocycles. The van der Waals surface area contributed by atoms with Gasteiger partial charge in [-0.05, 0) is 35.6 Å². The molecule has 0 saturated carbocycles. The summed E-state index contributed by atoms with van der Waals surface area (Å²) in [6.45, 7) is 6.49. The van der Waals surface area contributed by atoms with Gasteiger partial charge in [0.15, 0.2) is 0 Å². The standard InChI is InChI=1S/C16H21N3O/c1-16(2,3)10-14(12-6-4-8-17-11-12)19-15(20)13-7-5-9-18-13/h4-9,11,14,18H,10H2,1-3H3,(H,19,20)/t14-/m1/s1. The lowest BCUT2D eigenvalue weighted by molar-refractivity contribution is 0.0922. The van der Waals surface area contributed by atoms with E-state index in [9.17, 15) is 4.79 Å². The van der Waals surface area contributed by atoms with Crippen LogP contribution in [0.25, 0.3) is 0 Å². The molecule has 0 unspecified atom stereocenters. The Labute approximate surface area is 119 Å². The first-order valence-corrected chi connectivity index (χ1v) is 6.80. The van der Waals surface area contributed by atoms with Gasteiger partial charge in [0.1, 0.15) is 5.69 Å². The van der Waals surface area contributed by atoms with Gasteiger partial charge in [-0.3, -0.25) is 9.78 Å². The van der Waals surface area contributed by atoms with E-state index in [0.717, 1.165) is 12.0 Å². The summed E-state index contributed by atoms with van der Waals surface area (Å²) in [6, 6.07) is 7.44. The summed E-state index contributed by atoms with van der Waals surface area (Å²) in [4.78, 5) is 19.3. The van der Waals surface area contributed by atoms with E-state index in [-0.39, 0.29) is 17.4 Å². The van der Waals surface area contributed by atoms with Crippen molar-refractivity contribution < 1.29 is 4.79 Å². The van der Waals surface area contributed by atoms with Gasteiger partial charge < -0.3 is 10.3 Å². The molecule has 0 fully saturated rings. The minimum atomic E-state index is -0.0897. The van der Waals surface area contributed by atoms with Crippen LogP contribution in [0.3, 0.4) is 0 Å². The number of nitrogens with one attached hydrogen (secondary N) is 2. The topological polar surface area (TPSA) is 57.8 Å². The molecule has 20 heavy (non-hydrogen) atoms. The average Bonchev–Trinajstić information content (AvgIpc) is 2.91. The molecule has 0 aliphatic carbocycles. The highest BCUT2D eigenvalue weighted by Crippen LogP contribution is 2.29. The number of pyridine rings is 1. The fourth-order valence-corrected chi connectivity index (χ4v) is 2.15. The zero-order chi connectivity index (χ0) is 14.6. The predicted molar refractivity (Wildman–Crippen MR) is 79.3 cm³/mol. The number of hydrogen-bond acceptors (Lipinski definition) is 2. The molecular formula is C16H21N3O. The molecule has 2 aromatic rings. The summed E-state index contributed by atoms with van der Waals surface area (Å²) in [5.74, 6) is -0.0897. The van der Waals surface area contributed by atoms with E-state index in [4.69, 9.17) is 0 Å². The number of hydrogen-bond donors (Lipinski definition) is 2. The van der Waals surface area contributed by atoms with Crippen LogP contribution < -0.4 is 5.32 Å². The molecule has 0 aliphatic rings. The van der Waals surface area contributed by atoms with Crippen molar-refractivity contribution in [1.29, 1.82) is 0 Å². The van der Waals surface area contributed by atoms with Crippen molar-refractivity contribution in [3.8, 4) is 0 Å². The van der Waals surface area contributed by atoms with Crippen LogP contribution in [0.5, 0.6) is 0 Å². The monoisotopic (exact) mass is 271 g/mol. The number of rotatable bonds is 4. The largest absolute Gasteiger partial charge is 0.357 e. The Morgan fingerprint density at radius 2 is 2.15 bits per heavy atom. The molecular weight excluding hydrogens is 250 g/mol. The summed E-state index contributed by atoms with van der Waals surface area (Å²) in [5.41, 5.74) is 1.72. The fraction of sp³-hybridized carbons (Fsp3) is 0.375. The first-order valence-electron chi connectivity index (χ1n) is 6.80. The number of aromatic nitrogens is 2. The number of H-pyrrole nitrogens is 1. The third-order valence-corrected chi connectivity index (χ3v) is 3.05. The Kier molecular flexibility index (Phi) is 4.23. The third kappa shape index (κ3) is 3.95. The van der Waals surface area contributed by atoms with Gasteiger partial charge in [-0.1, -0.05) is 26.8 Å². The molecule has 0 aliphatic heterocycles. The molecule has 106 valence electrons. The van der Waals surface area contributed by atoms with Crippen LogP contribution in [0, 0.1) is 5.41 Å². The van der Waals surface area contributed by atoms with Crippen LogP contribution in [0.4, 0.5) is 0 Å². The second-order valence-corrected chi connectivity index (χ2v) is 6.16. The fourth-order valence-electron chi connectivity index (χ4n) is 2.15. The molecule has 2 aromatic heterocycles. The first kappa shape index (κ1) is 14.3. The molecule has 4 heteroatoms. The maximum Gasteiger partial charge on any atom is 0.268 e. The van der Waals surface area contributed by atoms with Gasteiger partial charge in [-0.15, -0.1) is 0 Å². The van der Waals surface area contributed by atoms with Crippen LogP contribution in [0.15, 0.2) is 42.9 Å². The van der Waals surface area contributed by atoms with Gasteiger partial charge in [0.2, 0.25) is 0 Å². The molecule has 0 spiro atoms. The van der Waals surface area contributed by atoms with Crippen LogP contribution in [0.1, 0.15) is 49.3 Å². The molecule has 2 heterocycles. The number of carbonyl (C=O) groups is 1. The second-order valence-electron chi connectivity index (χ2n) is 6.16. The van der Waals surface area contributed by atoms with E-state index in [1.807, 2.05) is 24.4 Å². The highest BCUT2D eigenvalue weighted by molar-refractivity contribution is 5.92. The zero-order valence-corrected chi connectivity index (χ0v) is 12.2. The lowest BCUT2D eigenvalue weighted by Gasteiger charge is -2.27. The van der Waals surface area contributed by atoms with Crippen molar-refractivity contribution in [3.63, 3.8) is 0 Å². The molecule has 2 rings (SSSR count). The SMILES string of the molecule is CC(C)(C)C[C@@H](NC(=O)c1ccc[nH]1)c1cccnc1. The summed E-state index contributed by atoms with van der Waals surface area (Å²) >= 11 is 0. The number of nitrogens with zero attached hydrogens (tertiary/aromatic N) is 1. The number of amides is 1. The molecule has 0 bridgehead atoms. The maximum absolute atomic E-state index is 12.2. The Balaban J connectivity index is 2.17. The number of aromatic amines is 1. The van der Waals surface area contributed by atoms with E-state index in [2.05, 4.69) is 36.1 Å². The summed E-state index contributed by atoms with van der Waals surface area (Å²) < 4.78 is 0. The third-order valence-electron chi connectivity index (χ3n) is 3.05. The minimum absolute atomic E-state index is 0.0421. The van der Waals surface area contributed by atoms with E-state index in [0.29, 0.717) is 5.69 Å². The van der Waals surface area contributed by atoms with E-state index < -0.39 is 0 Å². The van der Waals surface area contributed by atoms with Gasteiger partial charge in [0.05, 0.1) is 6.04 Å². The van der Waals surface area contributed by atoms with Gasteiger partial charge >= 0.3 is 0 Å². The van der Waals surface area contributed by atoms with Crippen LogP contribution >= 0.6 is 0 Å². The minimum Gasteiger partial charge on any atom is -0.357 e. The maximum atomic E-state index is 12.2. The van der Waals surface area contributed by atoms with E-state index >= 15 is 0 Å². The Bertz CT molecular complexity index is 541. The summed E-state index contributed by atoms with van der Waals surface area (Å²) in [5, 5.41) is 3.08. The van der Waals surface area contributed by atoms with Crippen molar-refractivity contribution >= 4 is 5.91 Å². The molecule has 0 aromatic carbocycles. The van der Waals surface area contributed by atoms with Gasteiger partial charge in [0, 0.05) is 18.6 Å². The number of carbonyl (C=O) groups excluding carboxylic acids is 1. The van der Waals surface area contributed by atoms with Crippen molar-refractivity contribution in [2.45, 2.75) is 33.2 Å². The summed E-state index contributed by atoms with van der Waals surface area (Å²) in [6.07, 6.45) is 6.15. The smallest absolute Gasteiger partial charge is 0.268 e. The molecule has 1 amide bonds. The lowest BCUT2D eigenvalue weighted by Crippen LogP contribution is -2.31. The Morgan fingerprint density at radius 1 is 1.35 bits per heavy atom. The highest BCUT2D eigenvalue weighted by Gasteiger charge is 2.22. The first-order chi connectivity index (χ1) is 9.46. The molecule has 2 N–H and O–H groups in total. The lowest BCUT2D eigenvalue weighted by atomic mass is 9.86. The van der Waals surface area contributed by atoms with Gasteiger partial charge in [-0.2, -0.15) is 0 Å². The normalized spacial score (nSPS) is 12.9. The van der Waals surface area contributed by atoms with Crippen LogP contribution in [-0.2, 0) is 0 Å². The van der Waals surface area contributed by atoms with Crippen molar-refractivity contribution in [2.24, 2.45) is 5.41 Å².